The number of hydrogen-bond acceptors (Lipinski definition) is 4. The number of hydrogen-bond donors (Lipinski definition) is 2. The highest BCUT2D eigenvalue weighted by molar-refractivity contribution is 7.98. The molecule has 0 aliphatic rings. The molecule has 0 aliphatic heterocycles. The maximum atomic E-state index is 13.0. The van der Waals surface area contributed by atoms with Gasteiger partial charge in [-0.15, -0.1) is 0 Å². The van der Waals surface area contributed by atoms with Crippen LogP contribution in [0.15, 0.2) is 39.9 Å². The minimum Gasteiger partial charge on any atom is -0.475 e. The van der Waals surface area contributed by atoms with E-state index in [1.807, 2.05) is 0 Å². The molecule has 0 saturated carbocycles. The summed E-state index contributed by atoms with van der Waals surface area (Å²) in [6, 6.07) is 7.34. The summed E-state index contributed by atoms with van der Waals surface area (Å²) in [7, 11) is 0. The fraction of sp³-hybridized carbons (Fsp3) is 0.0769. The van der Waals surface area contributed by atoms with Gasteiger partial charge in [-0.05, 0) is 30.3 Å². The molecule has 3 rings (SSSR count). The summed E-state index contributed by atoms with van der Waals surface area (Å²) in [6.07, 6.45) is 0. The normalized spacial score (nSPS) is 11.1. The molecule has 3 aromatic rings. The Balaban J connectivity index is 1.74. The molecule has 2 N–H and O–H groups in total. The summed E-state index contributed by atoms with van der Waals surface area (Å²) < 4.78 is 18.2. The number of H-pyrrole nitrogens is 1. The van der Waals surface area contributed by atoms with Gasteiger partial charge in [0.2, 0.25) is 5.76 Å². The Morgan fingerprint density at radius 3 is 3.00 bits per heavy atom. The summed E-state index contributed by atoms with van der Waals surface area (Å²) in [5, 5.41) is 9.37. The number of carbonyl (C=O) groups is 1. The average molecular weight is 292 g/mol. The molecule has 0 atom stereocenters. The lowest BCUT2D eigenvalue weighted by Crippen LogP contribution is -1.91. The minimum absolute atomic E-state index is 0.0905. The lowest BCUT2D eigenvalue weighted by Gasteiger charge is -1.93. The third kappa shape index (κ3) is 2.53. The van der Waals surface area contributed by atoms with Crippen molar-refractivity contribution in [1.29, 1.82) is 0 Å². The van der Waals surface area contributed by atoms with Crippen molar-refractivity contribution in [3.05, 3.63) is 47.7 Å². The highest BCUT2D eigenvalue weighted by Crippen LogP contribution is 2.24. The van der Waals surface area contributed by atoms with Crippen LogP contribution in [0.2, 0.25) is 0 Å². The second kappa shape index (κ2) is 5.01. The Morgan fingerprint density at radius 2 is 2.25 bits per heavy atom. The molecule has 0 aliphatic carbocycles. The van der Waals surface area contributed by atoms with Crippen LogP contribution in [0.5, 0.6) is 0 Å². The maximum absolute atomic E-state index is 13.0. The van der Waals surface area contributed by atoms with E-state index in [1.54, 1.807) is 12.1 Å². The van der Waals surface area contributed by atoms with Crippen LogP contribution in [-0.4, -0.2) is 21.0 Å². The Morgan fingerprint density at radius 1 is 1.40 bits per heavy atom. The van der Waals surface area contributed by atoms with Crippen LogP contribution in [0.25, 0.3) is 11.0 Å². The number of thioether (sulfide) groups is 1. The van der Waals surface area contributed by atoms with Crippen LogP contribution in [0.1, 0.15) is 16.3 Å². The van der Waals surface area contributed by atoms with Gasteiger partial charge < -0.3 is 14.5 Å². The van der Waals surface area contributed by atoms with Crippen LogP contribution in [0.3, 0.4) is 0 Å². The van der Waals surface area contributed by atoms with Crippen molar-refractivity contribution in [1.82, 2.24) is 9.97 Å². The van der Waals surface area contributed by atoms with Gasteiger partial charge in [0.15, 0.2) is 5.16 Å². The molecule has 7 heteroatoms. The van der Waals surface area contributed by atoms with Crippen molar-refractivity contribution in [2.24, 2.45) is 0 Å². The number of nitrogens with one attached hydrogen (secondary N) is 1. The molecule has 5 nitrogen and oxygen atoms in total. The predicted molar refractivity (Wildman–Crippen MR) is 71.3 cm³/mol. The quantitative estimate of drug-likeness (QED) is 0.721. The van der Waals surface area contributed by atoms with Gasteiger partial charge >= 0.3 is 5.97 Å². The SMILES string of the molecule is O=C(O)c1ccc(CSc2nc3ccc(F)cc3[nH]2)o1. The largest absolute Gasteiger partial charge is 0.475 e. The summed E-state index contributed by atoms with van der Waals surface area (Å²) in [4.78, 5) is 18.0. The number of aromatic nitrogens is 2. The fourth-order valence-corrected chi connectivity index (χ4v) is 2.52. The van der Waals surface area contributed by atoms with E-state index in [0.29, 0.717) is 27.7 Å². The predicted octanol–water partition coefficient (Wildman–Crippen LogP) is 3.29. The molecular formula is C13H9FN2O3S. The summed E-state index contributed by atoms with van der Waals surface area (Å²) in [6.45, 7) is 0. The molecule has 0 spiro atoms. The first kappa shape index (κ1) is 12.7. The van der Waals surface area contributed by atoms with Crippen LogP contribution >= 0.6 is 11.8 Å². The Bertz CT molecular complexity index is 781. The summed E-state index contributed by atoms with van der Waals surface area (Å²) >= 11 is 1.35. The number of imidazole rings is 1. The van der Waals surface area contributed by atoms with Crippen molar-refractivity contribution in [2.45, 2.75) is 10.9 Å². The number of carboxylic acids is 1. The number of furan rings is 1. The minimum atomic E-state index is -1.10. The zero-order valence-electron chi connectivity index (χ0n) is 10.1. The molecule has 0 fully saturated rings. The molecular weight excluding hydrogens is 283 g/mol. The lowest BCUT2D eigenvalue weighted by molar-refractivity contribution is 0.0661. The first-order valence-electron chi connectivity index (χ1n) is 5.72. The molecule has 0 saturated heterocycles. The van der Waals surface area contributed by atoms with Gasteiger partial charge in [0.1, 0.15) is 11.6 Å². The van der Waals surface area contributed by atoms with E-state index in [4.69, 9.17) is 9.52 Å². The van der Waals surface area contributed by atoms with Crippen molar-refractivity contribution >= 4 is 28.8 Å². The van der Waals surface area contributed by atoms with Crippen molar-refractivity contribution in [2.75, 3.05) is 0 Å². The van der Waals surface area contributed by atoms with Crippen LogP contribution in [-0.2, 0) is 5.75 Å². The molecule has 0 bridgehead atoms. The van der Waals surface area contributed by atoms with E-state index < -0.39 is 5.97 Å². The molecule has 102 valence electrons. The molecule has 20 heavy (non-hydrogen) atoms. The van der Waals surface area contributed by atoms with E-state index in [1.165, 1.54) is 30.0 Å². The van der Waals surface area contributed by atoms with Gasteiger partial charge in [-0.1, -0.05) is 11.8 Å². The van der Waals surface area contributed by atoms with E-state index in [9.17, 15) is 9.18 Å². The Hall–Kier alpha value is -2.28. The Labute approximate surface area is 116 Å². The number of halogens is 1. The molecule has 0 amide bonds. The van der Waals surface area contributed by atoms with Gasteiger partial charge in [-0.3, -0.25) is 0 Å². The highest BCUT2D eigenvalue weighted by Gasteiger charge is 2.10. The van der Waals surface area contributed by atoms with Crippen molar-refractivity contribution in [3.8, 4) is 0 Å². The van der Waals surface area contributed by atoms with Gasteiger partial charge in [0.05, 0.1) is 16.8 Å². The van der Waals surface area contributed by atoms with E-state index >= 15 is 0 Å². The van der Waals surface area contributed by atoms with Crippen molar-refractivity contribution < 1.29 is 18.7 Å². The van der Waals surface area contributed by atoms with Gasteiger partial charge in [-0.2, -0.15) is 0 Å². The smallest absolute Gasteiger partial charge is 0.371 e. The van der Waals surface area contributed by atoms with Gasteiger partial charge in [-0.25, -0.2) is 14.2 Å². The number of aromatic amines is 1. The second-order valence-electron chi connectivity index (χ2n) is 4.06. The molecule has 2 aromatic heterocycles. The standard InChI is InChI=1S/C13H9FN2O3S/c14-7-1-3-9-10(5-7)16-13(15-9)20-6-8-2-4-11(19-8)12(17)18/h1-5H,6H2,(H,15,16)(H,17,18). The Kier molecular flexibility index (Phi) is 3.19. The monoisotopic (exact) mass is 292 g/mol. The second-order valence-corrected chi connectivity index (χ2v) is 5.03. The zero-order valence-corrected chi connectivity index (χ0v) is 10.9. The molecule has 1 aromatic carbocycles. The first-order chi connectivity index (χ1) is 9.61. The van der Waals surface area contributed by atoms with Crippen LogP contribution in [0.4, 0.5) is 4.39 Å². The fourth-order valence-electron chi connectivity index (χ4n) is 1.74. The third-order valence-corrected chi connectivity index (χ3v) is 3.54. The molecule has 0 unspecified atom stereocenters. The summed E-state index contributed by atoms with van der Waals surface area (Å²) in [5.41, 5.74) is 1.30. The lowest BCUT2D eigenvalue weighted by atomic mass is 10.3. The third-order valence-electron chi connectivity index (χ3n) is 2.65. The zero-order chi connectivity index (χ0) is 14.1. The van der Waals surface area contributed by atoms with Crippen LogP contribution < -0.4 is 0 Å². The highest BCUT2D eigenvalue weighted by atomic mass is 32.2. The number of rotatable bonds is 4. The number of nitrogens with zero attached hydrogens (tertiary/aromatic N) is 1. The van der Waals surface area contributed by atoms with Gasteiger partial charge in [0.25, 0.3) is 0 Å². The van der Waals surface area contributed by atoms with E-state index in [-0.39, 0.29) is 11.6 Å². The number of carboxylic acid groups (broad SMARTS) is 1. The van der Waals surface area contributed by atoms with E-state index in [0.717, 1.165) is 0 Å². The first-order valence-corrected chi connectivity index (χ1v) is 6.70. The topological polar surface area (TPSA) is 79.1 Å². The maximum Gasteiger partial charge on any atom is 0.371 e. The summed E-state index contributed by atoms with van der Waals surface area (Å²) in [5.74, 6) is -0.531. The molecule has 2 heterocycles. The number of aromatic carboxylic acids is 1. The van der Waals surface area contributed by atoms with E-state index in [2.05, 4.69) is 9.97 Å². The van der Waals surface area contributed by atoms with Crippen molar-refractivity contribution in [3.63, 3.8) is 0 Å². The van der Waals surface area contributed by atoms with Crippen LogP contribution in [0, 0.1) is 5.82 Å². The average Bonchev–Trinajstić information content (AvgIpc) is 3.01. The number of benzene rings is 1. The van der Waals surface area contributed by atoms with Gasteiger partial charge in [0, 0.05) is 0 Å². The molecule has 0 radical (unpaired) electrons. The number of fused-ring (bicyclic) bond motifs is 1.